The molecule has 2 heterocycles. The first-order valence-corrected chi connectivity index (χ1v) is 9.14. The smallest absolute Gasteiger partial charge is 0.283 e. The second-order valence-corrected chi connectivity index (χ2v) is 6.96. The molecule has 0 saturated carbocycles. The summed E-state index contributed by atoms with van der Waals surface area (Å²) in [5.74, 6) is 0. The summed E-state index contributed by atoms with van der Waals surface area (Å²) in [4.78, 5) is 19.8. The van der Waals surface area contributed by atoms with Crippen LogP contribution in [-0.2, 0) is 11.4 Å². The summed E-state index contributed by atoms with van der Waals surface area (Å²) in [5.41, 5.74) is 2.06. The fourth-order valence-corrected chi connectivity index (χ4v) is 3.50. The first kappa shape index (κ1) is 17.9. The van der Waals surface area contributed by atoms with E-state index >= 15 is 0 Å². The lowest BCUT2D eigenvalue weighted by atomic mass is 10.1. The second kappa shape index (κ2) is 8.01. The molecule has 0 radical (unpaired) electrons. The Bertz CT molecular complexity index is 830. The third-order valence-corrected chi connectivity index (χ3v) is 5.09. The number of oxime groups is 1. The topological polar surface area (TPSA) is 59.7 Å². The Hall–Kier alpha value is -1.86. The van der Waals surface area contributed by atoms with Gasteiger partial charge in [-0.1, -0.05) is 28.9 Å². The van der Waals surface area contributed by atoms with E-state index in [0.29, 0.717) is 15.2 Å². The van der Waals surface area contributed by atoms with E-state index in [2.05, 4.69) is 31.1 Å². The van der Waals surface area contributed by atoms with Gasteiger partial charge in [0.05, 0.1) is 18.4 Å². The molecule has 6 nitrogen and oxygen atoms in total. The number of anilines is 1. The van der Waals surface area contributed by atoms with E-state index in [0.717, 1.165) is 37.2 Å². The van der Waals surface area contributed by atoms with Gasteiger partial charge in [0.2, 0.25) is 0 Å². The van der Waals surface area contributed by atoms with Crippen molar-refractivity contribution in [2.24, 2.45) is 5.16 Å². The minimum atomic E-state index is -0.192. The number of nitrogens with zero attached hydrogens (tertiary/aromatic N) is 4. The van der Waals surface area contributed by atoms with Crippen LogP contribution in [0.25, 0.3) is 0 Å². The van der Waals surface area contributed by atoms with Crippen LogP contribution in [-0.4, -0.2) is 35.7 Å². The van der Waals surface area contributed by atoms with Crippen LogP contribution in [0.4, 0.5) is 5.69 Å². The number of halogens is 2. The molecule has 1 aromatic heterocycles. The van der Waals surface area contributed by atoms with Crippen molar-refractivity contribution in [1.29, 1.82) is 0 Å². The van der Waals surface area contributed by atoms with Crippen molar-refractivity contribution >= 4 is 38.9 Å². The molecule has 25 heavy (non-hydrogen) atoms. The molecular formula is C17H18BrClN4O2. The van der Waals surface area contributed by atoms with Crippen LogP contribution in [0.3, 0.4) is 0 Å². The summed E-state index contributed by atoms with van der Waals surface area (Å²) in [5, 5.41) is 8.99. The number of hydrogen-bond donors (Lipinski definition) is 0. The first-order chi connectivity index (χ1) is 12.1. The molecule has 2 aromatic rings. The highest BCUT2D eigenvalue weighted by Gasteiger charge is 2.19. The van der Waals surface area contributed by atoms with Crippen molar-refractivity contribution in [3.05, 3.63) is 55.9 Å². The van der Waals surface area contributed by atoms with Crippen molar-refractivity contribution in [3.63, 3.8) is 0 Å². The van der Waals surface area contributed by atoms with Gasteiger partial charge in [0.25, 0.3) is 5.56 Å². The standard InChI is InChI=1S/C17H18BrClN4O2/c1-25-21-14(12-4-6-13(19)7-5-12)11-23-17(24)16(18)15(10-20-23)22-8-2-3-9-22/h4-7,10H,2-3,8-9,11H2,1H3/b21-14-. The minimum Gasteiger partial charge on any atom is -0.399 e. The first-order valence-electron chi connectivity index (χ1n) is 7.96. The molecule has 132 valence electrons. The second-order valence-electron chi connectivity index (χ2n) is 5.73. The molecule has 0 unspecified atom stereocenters. The largest absolute Gasteiger partial charge is 0.399 e. The average Bonchev–Trinajstić information content (AvgIpc) is 3.13. The van der Waals surface area contributed by atoms with Crippen LogP contribution in [0.15, 0.2) is 44.9 Å². The van der Waals surface area contributed by atoms with Crippen LogP contribution < -0.4 is 10.5 Å². The van der Waals surface area contributed by atoms with Gasteiger partial charge < -0.3 is 9.74 Å². The van der Waals surface area contributed by atoms with Crippen LogP contribution in [0.1, 0.15) is 18.4 Å². The molecule has 0 N–H and O–H groups in total. The molecule has 0 amide bonds. The molecule has 3 rings (SSSR count). The van der Waals surface area contributed by atoms with Crippen molar-refractivity contribution < 1.29 is 4.84 Å². The van der Waals surface area contributed by atoms with Crippen molar-refractivity contribution in [1.82, 2.24) is 9.78 Å². The number of benzene rings is 1. The van der Waals surface area contributed by atoms with E-state index in [4.69, 9.17) is 16.4 Å². The van der Waals surface area contributed by atoms with E-state index in [1.807, 2.05) is 12.1 Å². The zero-order valence-electron chi connectivity index (χ0n) is 13.8. The van der Waals surface area contributed by atoms with Crippen molar-refractivity contribution in [3.8, 4) is 0 Å². The van der Waals surface area contributed by atoms with E-state index in [1.54, 1.807) is 18.3 Å². The van der Waals surface area contributed by atoms with Gasteiger partial charge >= 0.3 is 0 Å². The Labute approximate surface area is 159 Å². The minimum absolute atomic E-state index is 0.192. The molecular weight excluding hydrogens is 408 g/mol. The molecule has 0 bridgehead atoms. The number of rotatable bonds is 5. The predicted molar refractivity (Wildman–Crippen MR) is 103 cm³/mol. The SMILES string of the molecule is CO/N=C(/Cn1ncc(N2CCCC2)c(Br)c1=O)c1ccc(Cl)cc1. The Morgan fingerprint density at radius 3 is 2.64 bits per heavy atom. The Kier molecular flexibility index (Phi) is 5.75. The predicted octanol–water partition coefficient (Wildman–Crippen LogP) is 3.31. The molecule has 1 fully saturated rings. The maximum atomic E-state index is 12.7. The summed E-state index contributed by atoms with van der Waals surface area (Å²) in [6, 6.07) is 7.20. The van der Waals surface area contributed by atoms with Gasteiger partial charge in [0, 0.05) is 23.7 Å². The zero-order valence-corrected chi connectivity index (χ0v) is 16.1. The molecule has 0 aliphatic carbocycles. The van der Waals surface area contributed by atoms with Gasteiger partial charge in [-0.25, -0.2) is 4.68 Å². The zero-order chi connectivity index (χ0) is 17.8. The van der Waals surface area contributed by atoms with Crippen molar-refractivity contribution in [2.75, 3.05) is 25.1 Å². The third-order valence-electron chi connectivity index (χ3n) is 4.09. The average molecular weight is 426 g/mol. The number of aromatic nitrogens is 2. The maximum absolute atomic E-state index is 12.7. The van der Waals surface area contributed by atoms with Crippen LogP contribution in [0.2, 0.25) is 5.02 Å². The third kappa shape index (κ3) is 4.04. The molecule has 0 atom stereocenters. The summed E-state index contributed by atoms with van der Waals surface area (Å²) in [6.45, 7) is 2.10. The van der Waals surface area contributed by atoms with Gasteiger partial charge in [-0.05, 0) is 40.9 Å². The van der Waals surface area contributed by atoms with E-state index in [9.17, 15) is 4.79 Å². The van der Waals surface area contributed by atoms with Crippen LogP contribution in [0.5, 0.6) is 0 Å². The Morgan fingerprint density at radius 1 is 1.32 bits per heavy atom. The lowest BCUT2D eigenvalue weighted by molar-refractivity contribution is 0.212. The number of hydrogen-bond acceptors (Lipinski definition) is 5. The summed E-state index contributed by atoms with van der Waals surface area (Å²) < 4.78 is 1.90. The van der Waals surface area contributed by atoms with Gasteiger partial charge in [-0.3, -0.25) is 4.79 Å². The lowest BCUT2D eigenvalue weighted by Crippen LogP contribution is -2.30. The van der Waals surface area contributed by atoms with E-state index < -0.39 is 0 Å². The summed E-state index contributed by atoms with van der Waals surface area (Å²) in [7, 11) is 1.47. The van der Waals surface area contributed by atoms with E-state index in [1.165, 1.54) is 11.8 Å². The highest BCUT2D eigenvalue weighted by molar-refractivity contribution is 9.10. The maximum Gasteiger partial charge on any atom is 0.283 e. The molecule has 1 aliphatic heterocycles. The van der Waals surface area contributed by atoms with Gasteiger partial charge in [-0.2, -0.15) is 5.10 Å². The molecule has 1 saturated heterocycles. The fraction of sp³-hybridized carbons (Fsp3) is 0.353. The van der Waals surface area contributed by atoms with Gasteiger partial charge in [0.15, 0.2) is 0 Å². The Balaban J connectivity index is 1.90. The molecule has 1 aromatic carbocycles. The van der Waals surface area contributed by atoms with Crippen molar-refractivity contribution in [2.45, 2.75) is 19.4 Å². The van der Waals surface area contributed by atoms with Gasteiger partial charge in [0.1, 0.15) is 17.3 Å². The Morgan fingerprint density at radius 2 is 2.00 bits per heavy atom. The highest BCUT2D eigenvalue weighted by Crippen LogP contribution is 2.25. The normalized spacial score (nSPS) is 14.8. The van der Waals surface area contributed by atoms with Crippen LogP contribution in [0, 0.1) is 0 Å². The summed E-state index contributed by atoms with van der Waals surface area (Å²) in [6.07, 6.45) is 4.00. The quantitative estimate of drug-likeness (QED) is 0.545. The fourth-order valence-electron chi connectivity index (χ4n) is 2.81. The molecule has 8 heteroatoms. The van der Waals surface area contributed by atoms with E-state index in [-0.39, 0.29) is 12.1 Å². The van der Waals surface area contributed by atoms with Gasteiger partial charge in [-0.15, -0.1) is 0 Å². The highest BCUT2D eigenvalue weighted by atomic mass is 79.9. The van der Waals surface area contributed by atoms with Crippen LogP contribution >= 0.6 is 27.5 Å². The molecule has 0 spiro atoms. The monoisotopic (exact) mass is 424 g/mol. The summed E-state index contributed by atoms with van der Waals surface area (Å²) >= 11 is 9.36. The molecule has 1 aliphatic rings. The lowest BCUT2D eigenvalue weighted by Gasteiger charge is -2.19.